The van der Waals surface area contributed by atoms with Crippen molar-refractivity contribution < 1.29 is 18.3 Å². The summed E-state index contributed by atoms with van der Waals surface area (Å²) in [5.74, 6) is -0.142. The summed E-state index contributed by atoms with van der Waals surface area (Å²) in [6.07, 6.45) is -1.83. The Bertz CT molecular complexity index is 415. The van der Waals surface area contributed by atoms with Crippen LogP contribution in [0.15, 0.2) is 24.3 Å². The van der Waals surface area contributed by atoms with Crippen LogP contribution in [0.1, 0.15) is 5.56 Å². The van der Waals surface area contributed by atoms with Crippen molar-refractivity contribution in [3.8, 4) is 0 Å². The molecule has 0 radical (unpaired) electrons. The fourth-order valence-electron chi connectivity index (χ4n) is 2.00. The summed E-state index contributed by atoms with van der Waals surface area (Å²) in [6, 6.07) is 7.44. The third-order valence-electron chi connectivity index (χ3n) is 2.88. The third kappa shape index (κ3) is 3.89. The molecule has 0 saturated carbocycles. The second-order valence-corrected chi connectivity index (χ2v) is 4.32. The first-order chi connectivity index (χ1) is 9.16. The number of amides is 1. The van der Waals surface area contributed by atoms with Gasteiger partial charge in [0, 0.05) is 18.7 Å². The van der Waals surface area contributed by atoms with Crippen molar-refractivity contribution in [2.45, 2.75) is 18.9 Å². The molecule has 0 fully saturated rings. The molecule has 2 rings (SSSR count). The Kier molecular flexibility index (Phi) is 4.68. The molecule has 6 heteroatoms. The minimum Gasteiger partial charge on any atom is -0.374 e. The number of para-hydroxylation sites is 1. The van der Waals surface area contributed by atoms with Crippen LogP contribution in [0, 0.1) is 0 Å². The van der Waals surface area contributed by atoms with Crippen molar-refractivity contribution in [3.05, 3.63) is 29.8 Å². The molecule has 1 aromatic rings. The van der Waals surface area contributed by atoms with Gasteiger partial charge in [-0.05, 0) is 11.6 Å². The number of hydrogen-bond donors (Lipinski definition) is 2. The summed E-state index contributed by atoms with van der Waals surface area (Å²) in [4.78, 5) is 11.8. The topological polar surface area (TPSA) is 50.4 Å². The second kappa shape index (κ2) is 6.47. The molecule has 1 atom stereocenters. The van der Waals surface area contributed by atoms with Gasteiger partial charge in [-0.15, -0.1) is 0 Å². The van der Waals surface area contributed by atoms with E-state index in [2.05, 4.69) is 15.4 Å². The lowest BCUT2D eigenvalue weighted by atomic mass is 10.1. The molecule has 0 aliphatic carbocycles. The predicted octanol–water partition coefficient (Wildman–Crippen LogP) is 1.42. The van der Waals surface area contributed by atoms with Crippen LogP contribution in [0.5, 0.6) is 0 Å². The van der Waals surface area contributed by atoms with E-state index >= 15 is 0 Å². The van der Waals surface area contributed by atoms with E-state index in [-0.39, 0.29) is 25.1 Å². The maximum atomic E-state index is 11.8. The second-order valence-electron chi connectivity index (χ2n) is 4.32. The first kappa shape index (κ1) is 13.7. The van der Waals surface area contributed by atoms with Gasteiger partial charge >= 0.3 is 0 Å². The number of nitrogens with one attached hydrogen (secondary N) is 2. The zero-order valence-corrected chi connectivity index (χ0v) is 10.4. The van der Waals surface area contributed by atoms with Crippen molar-refractivity contribution >= 4 is 11.6 Å². The van der Waals surface area contributed by atoms with E-state index in [1.54, 1.807) is 0 Å². The van der Waals surface area contributed by atoms with Gasteiger partial charge in [0.25, 0.3) is 6.43 Å². The van der Waals surface area contributed by atoms with Crippen LogP contribution in [-0.4, -0.2) is 38.1 Å². The molecule has 1 aliphatic rings. The predicted molar refractivity (Wildman–Crippen MR) is 67.4 cm³/mol. The van der Waals surface area contributed by atoms with Gasteiger partial charge in [-0.1, -0.05) is 18.2 Å². The number of carbonyl (C=O) groups is 1. The summed E-state index contributed by atoms with van der Waals surface area (Å²) in [6.45, 7) is -0.265. The Morgan fingerprint density at radius 3 is 3.00 bits per heavy atom. The fraction of sp³-hybridized carbons (Fsp3) is 0.462. The van der Waals surface area contributed by atoms with Gasteiger partial charge in [-0.25, -0.2) is 8.78 Å². The smallest absolute Gasteiger partial charge is 0.261 e. The molecule has 1 aromatic carbocycles. The van der Waals surface area contributed by atoms with E-state index in [1.807, 2.05) is 24.3 Å². The average molecular weight is 270 g/mol. The quantitative estimate of drug-likeness (QED) is 0.769. The summed E-state index contributed by atoms with van der Waals surface area (Å²) >= 11 is 0. The van der Waals surface area contributed by atoms with Crippen molar-refractivity contribution in [1.29, 1.82) is 0 Å². The largest absolute Gasteiger partial charge is 0.374 e. The lowest BCUT2D eigenvalue weighted by Gasteiger charge is -2.12. The van der Waals surface area contributed by atoms with Gasteiger partial charge in [-0.3, -0.25) is 4.79 Å². The molecule has 0 spiro atoms. The molecular formula is C13H16F2N2O2. The van der Waals surface area contributed by atoms with Gasteiger partial charge < -0.3 is 15.4 Å². The van der Waals surface area contributed by atoms with Crippen LogP contribution in [0.25, 0.3) is 0 Å². The van der Waals surface area contributed by atoms with Crippen LogP contribution < -0.4 is 10.6 Å². The van der Waals surface area contributed by atoms with Crippen LogP contribution in [0.2, 0.25) is 0 Å². The number of benzene rings is 1. The minimum absolute atomic E-state index is 0.0930. The number of fused-ring (bicyclic) bond motifs is 1. The van der Waals surface area contributed by atoms with E-state index in [1.165, 1.54) is 0 Å². The molecule has 2 N–H and O–H groups in total. The third-order valence-corrected chi connectivity index (χ3v) is 2.88. The maximum absolute atomic E-state index is 11.8. The number of halogens is 2. The Morgan fingerprint density at radius 2 is 2.26 bits per heavy atom. The molecule has 0 bridgehead atoms. The zero-order chi connectivity index (χ0) is 13.7. The highest BCUT2D eigenvalue weighted by molar-refractivity contribution is 5.87. The van der Waals surface area contributed by atoms with Crippen LogP contribution in [-0.2, 0) is 16.0 Å². The molecule has 19 heavy (non-hydrogen) atoms. The van der Waals surface area contributed by atoms with Crippen LogP contribution in [0.3, 0.4) is 0 Å². The van der Waals surface area contributed by atoms with E-state index < -0.39 is 13.0 Å². The monoisotopic (exact) mass is 270 g/mol. The summed E-state index contributed by atoms with van der Waals surface area (Å²) in [7, 11) is 0. The Hall–Kier alpha value is -1.69. The first-order valence-corrected chi connectivity index (χ1v) is 6.15. The lowest BCUT2D eigenvalue weighted by molar-refractivity contribution is -0.122. The highest BCUT2D eigenvalue weighted by Crippen LogP contribution is 2.24. The highest BCUT2D eigenvalue weighted by atomic mass is 19.3. The van der Waals surface area contributed by atoms with Crippen molar-refractivity contribution in [1.82, 2.24) is 5.32 Å². The van der Waals surface area contributed by atoms with Crippen molar-refractivity contribution in [2.24, 2.45) is 0 Å². The summed E-state index contributed by atoms with van der Waals surface area (Å²) < 4.78 is 28.3. The molecule has 0 aromatic heterocycles. The molecule has 104 valence electrons. The SMILES string of the molecule is O=C(NCCOCC(F)F)[C@@H]1Cc2ccccc2N1. The molecule has 1 amide bonds. The highest BCUT2D eigenvalue weighted by Gasteiger charge is 2.25. The molecular weight excluding hydrogens is 254 g/mol. The number of anilines is 1. The standard InChI is InChI=1S/C13H16F2N2O2/c14-12(15)8-19-6-5-16-13(18)11-7-9-3-1-2-4-10(9)17-11/h1-4,11-12,17H,5-8H2,(H,16,18)/t11-/m0/s1. The lowest BCUT2D eigenvalue weighted by Crippen LogP contribution is -2.40. The number of ether oxygens (including phenoxy) is 1. The molecule has 0 saturated heterocycles. The van der Waals surface area contributed by atoms with Crippen LogP contribution in [0.4, 0.5) is 14.5 Å². The van der Waals surface area contributed by atoms with Gasteiger partial charge in [0.2, 0.25) is 5.91 Å². The zero-order valence-electron chi connectivity index (χ0n) is 10.4. The number of hydrogen-bond acceptors (Lipinski definition) is 3. The van der Waals surface area contributed by atoms with E-state index in [4.69, 9.17) is 0 Å². The van der Waals surface area contributed by atoms with Gasteiger partial charge in [0.05, 0.1) is 6.61 Å². The van der Waals surface area contributed by atoms with E-state index in [0.717, 1.165) is 11.3 Å². The van der Waals surface area contributed by atoms with Gasteiger partial charge in [0.15, 0.2) is 0 Å². The van der Waals surface area contributed by atoms with E-state index in [0.29, 0.717) is 6.42 Å². The fourth-order valence-corrected chi connectivity index (χ4v) is 2.00. The molecule has 0 unspecified atom stereocenters. The average Bonchev–Trinajstić information content (AvgIpc) is 2.81. The van der Waals surface area contributed by atoms with Gasteiger partial charge in [-0.2, -0.15) is 0 Å². The van der Waals surface area contributed by atoms with Crippen molar-refractivity contribution in [2.75, 3.05) is 25.1 Å². The summed E-state index contributed by atoms with van der Waals surface area (Å²) in [5.41, 5.74) is 2.08. The van der Waals surface area contributed by atoms with E-state index in [9.17, 15) is 13.6 Å². The Labute approximate surface area is 110 Å². The molecule has 1 aliphatic heterocycles. The summed E-state index contributed by atoms with van der Waals surface area (Å²) in [5, 5.41) is 5.78. The Morgan fingerprint density at radius 1 is 1.47 bits per heavy atom. The van der Waals surface area contributed by atoms with Gasteiger partial charge in [0.1, 0.15) is 12.6 Å². The molecule has 1 heterocycles. The minimum atomic E-state index is -2.47. The normalized spacial score (nSPS) is 17.1. The maximum Gasteiger partial charge on any atom is 0.261 e. The number of alkyl halides is 2. The number of rotatable bonds is 6. The van der Waals surface area contributed by atoms with Crippen LogP contribution >= 0.6 is 0 Å². The molecule has 4 nitrogen and oxygen atoms in total. The first-order valence-electron chi connectivity index (χ1n) is 6.15. The Balaban J connectivity index is 1.68. The number of carbonyl (C=O) groups excluding carboxylic acids is 1. The van der Waals surface area contributed by atoms with Crippen molar-refractivity contribution in [3.63, 3.8) is 0 Å².